The smallest absolute Gasteiger partial charge is 0.307 e. The number of rotatable bonds is 3. The molecule has 2 nitrogen and oxygen atoms in total. The van der Waals surface area contributed by atoms with E-state index in [1.807, 2.05) is 0 Å². The van der Waals surface area contributed by atoms with Gasteiger partial charge in [0.15, 0.2) is 0 Å². The molecule has 0 amide bonds. The van der Waals surface area contributed by atoms with Gasteiger partial charge in [-0.2, -0.15) is 0 Å². The van der Waals surface area contributed by atoms with Gasteiger partial charge in [-0.3, -0.25) is 4.79 Å². The molecular formula is C15H22O2. The predicted octanol–water partition coefficient (Wildman–Crippen LogP) is 3.17. The first-order valence-electron chi connectivity index (χ1n) is 7.45. The van der Waals surface area contributed by atoms with Gasteiger partial charge < -0.3 is 5.11 Å². The molecule has 2 heteroatoms. The Labute approximate surface area is 103 Å². The Morgan fingerprint density at radius 1 is 0.941 bits per heavy atom. The van der Waals surface area contributed by atoms with Gasteiger partial charge >= 0.3 is 5.97 Å². The van der Waals surface area contributed by atoms with E-state index in [9.17, 15) is 9.90 Å². The second-order valence-electron chi connectivity index (χ2n) is 7.21. The summed E-state index contributed by atoms with van der Waals surface area (Å²) in [6.45, 7) is 0. The van der Waals surface area contributed by atoms with Gasteiger partial charge in [0.1, 0.15) is 0 Å². The topological polar surface area (TPSA) is 37.3 Å². The summed E-state index contributed by atoms with van der Waals surface area (Å²) in [5.74, 6) is 4.09. The van der Waals surface area contributed by atoms with E-state index in [4.69, 9.17) is 0 Å². The van der Waals surface area contributed by atoms with Gasteiger partial charge in [0, 0.05) is 0 Å². The van der Waals surface area contributed by atoms with Crippen LogP contribution in [0.5, 0.6) is 0 Å². The third kappa shape index (κ3) is 1.56. The molecule has 5 aliphatic carbocycles. The third-order valence-electron chi connectivity index (χ3n) is 6.13. The molecule has 5 saturated carbocycles. The Hall–Kier alpha value is -0.530. The van der Waals surface area contributed by atoms with E-state index >= 15 is 0 Å². The Morgan fingerprint density at radius 3 is 1.88 bits per heavy atom. The van der Waals surface area contributed by atoms with Crippen molar-refractivity contribution in [3.05, 3.63) is 0 Å². The summed E-state index contributed by atoms with van der Waals surface area (Å²) in [6.07, 6.45) is 9.24. The van der Waals surface area contributed by atoms with E-state index in [1.54, 1.807) is 0 Å². The van der Waals surface area contributed by atoms with Gasteiger partial charge in [0.2, 0.25) is 0 Å². The van der Waals surface area contributed by atoms with Crippen molar-refractivity contribution in [3.63, 3.8) is 0 Å². The van der Waals surface area contributed by atoms with Crippen molar-refractivity contribution >= 4 is 5.97 Å². The van der Waals surface area contributed by atoms with E-state index in [-0.39, 0.29) is 5.92 Å². The van der Waals surface area contributed by atoms with Crippen molar-refractivity contribution in [2.75, 3.05) is 0 Å². The molecule has 0 aromatic rings. The number of hydrogen-bond acceptors (Lipinski definition) is 1. The SMILES string of the molecule is O=C(O)C(C1CC1)C1C2CC3CC(C2)CC1C3. The fourth-order valence-corrected chi connectivity index (χ4v) is 5.69. The maximum absolute atomic E-state index is 11.6. The molecule has 94 valence electrons. The minimum absolute atomic E-state index is 0.0185. The van der Waals surface area contributed by atoms with Gasteiger partial charge in [-0.15, -0.1) is 0 Å². The molecule has 5 fully saturated rings. The number of carbonyl (C=O) groups is 1. The van der Waals surface area contributed by atoms with Gasteiger partial charge in [-0.05, 0) is 80.5 Å². The molecule has 0 aromatic heterocycles. The first-order valence-corrected chi connectivity index (χ1v) is 7.45. The van der Waals surface area contributed by atoms with E-state index in [0.29, 0.717) is 11.8 Å². The van der Waals surface area contributed by atoms with Crippen molar-refractivity contribution < 1.29 is 9.90 Å². The molecule has 0 heterocycles. The van der Waals surface area contributed by atoms with Crippen LogP contribution >= 0.6 is 0 Å². The summed E-state index contributed by atoms with van der Waals surface area (Å²) < 4.78 is 0. The Balaban J connectivity index is 1.62. The van der Waals surface area contributed by atoms with Crippen LogP contribution in [0.25, 0.3) is 0 Å². The van der Waals surface area contributed by atoms with Gasteiger partial charge in [0.25, 0.3) is 0 Å². The third-order valence-corrected chi connectivity index (χ3v) is 6.13. The van der Waals surface area contributed by atoms with Crippen LogP contribution in [0, 0.1) is 41.4 Å². The Bertz CT molecular complexity index is 317. The maximum Gasteiger partial charge on any atom is 0.307 e. The molecule has 17 heavy (non-hydrogen) atoms. The summed E-state index contributed by atoms with van der Waals surface area (Å²) in [6, 6.07) is 0. The summed E-state index contributed by atoms with van der Waals surface area (Å²) in [4.78, 5) is 11.6. The van der Waals surface area contributed by atoms with Crippen molar-refractivity contribution in [1.82, 2.24) is 0 Å². The van der Waals surface area contributed by atoms with Crippen LogP contribution in [-0.4, -0.2) is 11.1 Å². The monoisotopic (exact) mass is 234 g/mol. The average molecular weight is 234 g/mol. The van der Waals surface area contributed by atoms with Gasteiger partial charge in [0.05, 0.1) is 5.92 Å². The summed E-state index contributed by atoms with van der Waals surface area (Å²) in [7, 11) is 0. The predicted molar refractivity (Wildman–Crippen MR) is 64.4 cm³/mol. The molecule has 5 rings (SSSR count). The fraction of sp³-hybridized carbons (Fsp3) is 0.933. The Kier molecular flexibility index (Phi) is 2.13. The lowest BCUT2D eigenvalue weighted by molar-refractivity contribution is -0.152. The van der Waals surface area contributed by atoms with E-state index < -0.39 is 5.97 Å². The number of carboxylic acids is 1. The normalized spacial score (nSPS) is 49.3. The molecule has 0 spiro atoms. The van der Waals surface area contributed by atoms with Crippen LogP contribution in [0.3, 0.4) is 0 Å². The van der Waals surface area contributed by atoms with Crippen molar-refractivity contribution in [3.8, 4) is 0 Å². The maximum atomic E-state index is 11.6. The lowest BCUT2D eigenvalue weighted by atomic mass is 9.49. The van der Waals surface area contributed by atoms with E-state index in [0.717, 1.165) is 23.7 Å². The van der Waals surface area contributed by atoms with Crippen molar-refractivity contribution in [2.24, 2.45) is 41.4 Å². The number of aliphatic carboxylic acids is 1. The molecule has 0 aliphatic heterocycles. The Morgan fingerprint density at radius 2 is 1.47 bits per heavy atom. The number of carboxylic acid groups (broad SMARTS) is 1. The van der Waals surface area contributed by atoms with Crippen molar-refractivity contribution in [1.29, 1.82) is 0 Å². The summed E-state index contributed by atoms with van der Waals surface area (Å²) in [5, 5.41) is 9.57. The lowest BCUT2D eigenvalue weighted by Crippen LogP contribution is -2.49. The minimum Gasteiger partial charge on any atom is -0.481 e. The fourth-order valence-electron chi connectivity index (χ4n) is 5.69. The minimum atomic E-state index is -0.482. The van der Waals surface area contributed by atoms with Gasteiger partial charge in [-0.1, -0.05) is 0 Å². The first-order chi connectivity index (χ1) is 8.22. The first kappa shape index (κ1) is 10.4. The molecule has 0 aromatic carbocycles. The number of hydrogen-bond donors (Lipinski definition) is 1. The van der Waals surface area contributed by atoms with Crippen LogP contribution in [-0.2, 0) is 4.79 Å². The average Bonchev–Trinajstić information content (AvgIpc) is 3.05. The van der Waals surface area contributed by atoms with E-state index in [1.165, 1.54) is 44.9 Å². The summed E-state index contributed by atoms with van der Waals surface area (Å²) in [5.41, 5.74) is 0. The van der Waals surface area contributed by atoms with E-state index in [2.05, 4.69) is 0 Å². The van der Waals surface area contributed by atoms with Crippen LogP contribution in [0.1, 0.15) is 44.9 Å². The molecule has 1 N–H and O–H groups in total. The summed E-state index contributed by atoms with van der Waals surface area (Å²) >= 11 is 0. The molecule has 0 radical (unpaired) electrons. The molecule has 5 aliphatic rings. The quantitative estimate of drug-likeness (QED) is 0.814. The highest BCUT2D eigenvalue weighted by Crippen LogP contribution is 2.60. The zero-order chi connectivity index (χ0) is 11.6. The van der Waals surface area contributed by atoms with Gasteiger partial charge in [-0.25, -0.2) is 0 Å². The lowest BCUT2D eigenvalue weighted by Gasteiger charge is -2.56. The molecular weight excluding hydrogens is 212 g/mol. The second kappa shape index (κ2) is 3.49. The largest absolute Gasteiger partial charge is 0.481 e. The highest BCUT2D eigenvalue weighted by molar-refractivity contribution is 5.71. The van der Waals surface area contributed by atoms with Crippen LogP contribution < -0.4 is 0 Å². The zero-order valence-electron chi connectivity index (χ0n) is 10.3. The van der Waals surface area contributed by atoms with Crippen molar-refractivity contribution in [2.45, 2.75) is 44.9 Å². The molecule has 4 bridgehead atoms. The highest BCUT2D eigenvalue weighted by atomic mass is 16.4. The molecule has 0 saturated heterocycles. The van der Waals surface area contributed by atoms with Crippen LogP contribution in [0.2, 0.25) is 0 Å². The van der Waals surface area contributed by atoms with Crippen LogP contribution in [0.4, 0.5) is 0 Å². The second-order valence-corrected chi connectivity index (χ2v) is 7.21. The zero-order valence-corrected chi connectivity index (χ0v) is 10.3. The highest BCUT2D eigenvalue weighted by Gasteiger charge is 2.54. The molecule has 1 atom stereocenters. The van der Waals surface area contributed by atoms with Crippen LogP contribution in [0.15, 0.2) is 0 Å². The molecule has 1 unspecified atom stereocenters. The standard InChI is InChI=1S/C15H22O2/c16-15(17)14(10-1-2-10)13-11-4-8-3-9(6-11)7-12(13)5-8/h8-14H,1-7H2,(H,16,17).